The van der Waals surface area contributed by atoms with Gasteiger partial charge in [-0.3, -0.25) is 9.59 Å². The fourth-order valence-electron chi connectivity index (χ4n) is 4.07. The molecular formula is C24H24F3N3O3. The summed E-state index contributed by atoms with van der Waals surface area (Å²) in [6.45, 7) is 1.50. The molecular weight excluding hydrogens is 435 g/mol. The Morgan fingerprint density at radius 3 is 2.61 bits per heavy atom. The van der Waals surface area contributed by atoms with Gasteiger partial charge in [0.15, 0.2) is 0 Å². The second-order valence-electron chi connectivity index (χ2n) is 7.91. The minimum Gasteiger partial charge on any atom is -0.348 e. The molecule has 0 saturated heterocycles. The first-order valence-corrected chi connectivity index (χ1v) is 10.4. The van der Waals surface area contributed by atoms with E-state index in [-0.39, 0.29) is 19.3 Å². The molecule has 0 bridgehead atoms. The molecule has 1 aliphatic rings. The number of fused-ring (bicyclic) bond motifs is 1. The van der Waals surface area contributed by atoms with E-state index >= 15 is 0 Å². The van der Waals surface area contributed by atoms with Crippen molar-refractivity contribution < 1.29 is 20.8 Å². The predicted octanol–water partition coefficient (Wildman–Crippen LogP) is 4.14. The molecule has 6 nitrogen and oxygen atoms in total. The maximum absolute atomic E-state index is 14.2. The van der Waals surface area contributed by atoms with Gasteiger partial charge in [-0.25, -0.2) is 22.5 Å². The zero-order valence-corrected chi connectivity index (χ0v) is 17.6. The van der Waals surface area contributed by atoms with Crippen molar-refractivity contribution in [1.82, 2.24) is 14.9 Å². The summed E-state index contributed by atoms with van der Waals surface area (Å²) >= 11 is 0. The second-order valence-corrected chi connectivity index (χ2v) is 7.91. The van der Waals surface area contributed by atoms with Crippen LogP contribution in [-0.2, 0) is 4.79 Å². The van der Waals surface area contributed by atoms with Crippen molar-refractivity contribution >= 4 is 16.8 Å². The minimum atomic E-state index is -1.29. The summed E-state index contributed by atoms with van der Waals surface area (Å²) in [5.41, 5.74) is 1.44. The summed E-state index contributed by atoms with van der Waals surface area (Å²) in [5.74, 6) is -3.53. The molecule has 0 aliphatic heterocycles. The van der Waals surface area contributed by atoms with Crippen LogP contribution in [0.15, 0.2) is 63.9 Å². The summed E-state index contributed by atoms with van der Waals surface area (Å²) in [4.78, 5) is 41.9. The number of hydrogen-bond acceptors (Lipinski definition) is 3. The van der Waals surface area contributed by atoms with E-state index in [1.807, 2.05) is 0 Å². The molecule has 0 fully saturated rings. The maximum atomic E-state index is 14.2. The van der Waals surface area contributed by atoms with Gasteiger partial charge in [0.1, 0.15) is 23.5 Å². The van der Waals surface area contributed by atoms with E-state index in [0.717, 1.165) is 22.8 Å². The molecule has 33 heavy (non-hydrogen) atoms. The molecule has 3 atom stereocenters. The van der Waals surface area contributed by atoms with E-state index < -0.39 is 52.6 Å². The van der Waals surface area contributed by atoms with Crippen molar-refractivity contribution in [3.05, 3.63) is 98.1 Å². The molecule has 1 unspecified atom stereocenters. The van der Waals surface area contributed by atoms with Gasteiger partial charge >= 0.3 is 5.69 Å². The van der Waals surface area contributed by atoms with Crippen LogP contribution in [0.4, 0.5) is 13.2 Å². The van der Waals surface area contributed by atoms with E-state index in [0.29, 0.717) is 18.9 Å². The van der Waals surface area contributed by atoms with Crippen LogP contribution in [0.5, 0.6) is 0 Å². The third-order valence-electron chi connectivity index (χ3n) is 5.70. The third-order valence-corrected chi connectivity index (χ3v) is 5.70. The summed E-state index contributed by atoms with van der Waals surface area (Å²) < 4.78 is 42.0. The van der Waals surface area contributed by atoms with E-state index in [2.05, 4.69) is 16.0 Å². The van der Waals surface area contributed by atoms with Crippen molar-refractivity contribution in [2.75, 3.05) is 0 Å². The number of carbonyl (C=O) groups is 1. The number of aromatic nitrogens is 2. The van der Waals surface area contributed by atoms with Crippen LogP contribution >= 0.6 is 0 Å². The number of benzene rings is 2. The average Bonchev–Trinajstić information content (AvgIpc) is 2.77. The van der Waals surface area contributed by atoms with Crippen LogP contribution in [0.25, 0.3) is 10.9 Å². The summed E-state index contributed by atoms with van der Waals surface area (Å²) in [6, 6.07) is 4.20. The Hall–Kier alpha value is -3.84. The van der Waals surface area contributed by atoms with E-state index in [1.54, 1.807) is 12.2 Å². The molecule has 1 aromatic heterocycles. The molecule has 1 amide bonds. The standard InChI is InChI=1S/C24H20F3N3O3.2H2/c1-13(17-9-7-16(26)12-19(17)27)28-22(31)21(14-5-3-2-4-6-14)30-23(32)18-11-15(25)8-10-20(18)29-24(30)33;;/h2,6-14,21H,3,5H2,1H3,(H,28,31)(H,29,33);2*1H/t13-,14?,21-;;/m0../s1. The number of carbonyl (C=O) groups excluding carboxylic acids is 1. The quantitative estimate of drug-likeness (QED) is 0.563. The van der Waals surface area contributed by atoms with E-state index in [9.17, 15) is 27.6 Å². The molecule has 2 N–H and O–H groups in total. The number of nitrogens with zero attached hydrogens (tertiary/aromatic N) is 1. The molecule has 0 saturated carbocycles. The summed E-state index contributed by atoms with van der Waals surface area (Å²) in [5, 5.41) is 2.54. The lowest BCUT2D eigenvalue weighted by Gasteiger charge is -2.27. The van der Waals surface area contributed by atoms with Crippen LogP contribution in [-0.4, -0.2) is 15.5 Å². The first-order valence-electron chi connectivity index (χ1n) is 10.4. The number of rotatable bonds is 5. The Morgan fingerprint density at radius 2 is 1.91 bits per heavy atom. The lowest BCUT2D eigenvalue weighted by atomic mass is 9.90. The highest BCUT2D eigenvalue weighted by molar-refractivity contribution is 5.82. The molecule has 1 heterocycles. The Labute approximate surface area is 189 Å². The Bertz CT molecular complexity index is 1430. The number of hydrogen-bond donors (Lipinski definition) is 2. The van der Waals surface area contributed by atoms with Gasteiger partial charge in [-0.05, 0) is 56.2 Å². The Balaban J connectivity index is 0.00000216. The number of H-pyrrole nitrogens is 1. The molecule has 4 rings (SSSR count). The van der Waals surface area contributed by atoms with Crippen molar-refractivity contribution in [3.63, 3.8) is 0 Å². The zero-order valence-electron chi connectivity index (χ0n) is 17.6. The van der Waals surface area contributed by atoms with Gasteiger partial charge in [0.05, 0.1) is 16.9 Å². The largest absolute Gasteiger partial charge is 0.348 e. The number of nitrogens with one attached hydrogen (secondary N) is 2. The number of aromatic amines is 1. The molecule has 9 heteroatoms. The zero-order chi connectivity index (χ0) is 23.7. The Morgan fingerprint density at radius 1 is 1.18 bits per heavy atom. The van der Waals surface area contributed by atoms with Crippen molar-refractivity contribution in [3.8, 4) is 0 Å². The van der Waals surface area contributed by atoms with Crippen LogP contribution in [0.1, 0.15) is 40.3 Å². The minimum absolute atomic E-state index is 0. The fraction of sp³-hybridized carbons (Fsp3) is 0.250. The van der Waals surface area contributed by atoms with Crippen LogP contribution in [0.3, 0.4) is 0 Å². The van der Waals surface area contributed by atoms with Gasteiger partial charge in [0.2, 0.25) is 5.91 Å². The summed E-state index contributed by atoms with van der Waals surface area (Å²) in [7, 11) is 0. The van der Waals surface area contributed by atoms with Gasteiger partial charge in [0, 0.05) is 20.4 Å². The van der Waals surface area contributed by atoms with Crippen LogP contribution in [0, 0.1) is 23.4 Å². The fourth-order valence-corrected chi connectivity index (χ4v) is 4.07. The highest BCUT2D eigenvalue weighted by Crippen LogP contribution is 2.27. The van der Waals surface area contributed by atoms with E-state index in [4.69, 9.17) is 0 Å². The molecule has 1 aliphatic carbocycles. The smallest absolute Gasteiger partial charge is 0.329 e. The molecule has 0 spiro atoms. The summed E-state index contributed by atoms with van der Waals surface area (Å²) in [6.07, 6.45) is 4.39. The normalized spacial score (nSPS) is 17.2. The number of allylic oxidation sites excluding steroid dienone is 1. The SMILES string of the molecule is C[C@H](NC(=O)[C@H](C1C=C=CCC1)n1c(=O)[nH]c2ccc(F)cc2c1=O)c1ccc(F)cc1F.[HH].[HH]. The van der Waals surface area contributed by atoms with Gasteiger partial charge in [-0.2, -0.15) is 0 Å². The molecule has 0 radical (unpaired) electrons. The highest BCUT2D eigenvalue weighted by atomic mass is 19.1. The van der Waals surface area contributed by atoms with Crippen molar-refractivity contribution in [2.45, 2.75) is 31.8 Å². The average molecular weight is 459 g/mol. The number of amides is 1. The predicted molar refractivity (Wildman–Crippen MR) is 120 cm³/mol. The van der Waals surface area contributed by atoms with Crippen LogP contribution in [0.2, 0.25) is 0 Å². The maximum Gasteiger partial charge on any atom is 0.329 e. The molecule has 2 aromatic carbocycles. The lowest BCUT2D eigenvalue weighted by molar-refractivity contribution is -0.126. The van der Waals surface area contributed by atoms with Gasteiger partial charge in [-0.15, -0.1) is 5.73 Å². The van der Waals surface area contributed by atoms with Crippen LogP contribution < -0.4 is 16.6 Å². The third kappa shape index (κ3) is 4.40. The monoisotopic (exact) mass is 459 g/mol. The first kappa shape index (κ1) is 22.4. The molecule has 174 valence electrons. The Kier molecular flexibility index (Phi) is 6.07. The topological polar surface area (TPSA) is 84.0 Å². The number of halogens is 3. The van der Waals surface area contributed by atoms with Crippen molar-refractivity contribution in [1.29, 1.82) is 0 Å². The van der Waals surface area contributed by atoms with Gasteiger partial charge < -0.3 is 10.3 Å². The van der Waals surface area contributed by atoms with Gasteiger partial charge in [0.25, 0.3) is 5.56 Å². The van der Waals surface area contributed by atoms with E-state index in [1.165, 1.54) is 19.1 Å². The van der Waals surface area contributed by atoms with Gasteiger partial charge in [-0.1, -0.05) is 6.07 Å². The van der Waals surface area contributed by atoms with Crippen molar-refractivity contribution in [2.24, 2.45) is 5.92 Å². The first-order chi connectivity index (χ1) is 15.8. The molecule has 3 aromatic rings. The lowest BCUT2D eigenvalue weighted by Crippen LogP contribution is -2.47. The second kappa shape index (κ2) is 8.96. The highest BCUT2D eigenvalue weighted by Gasteiger charge is 2.33.